The topological polar surface area (TPSA) is 169 Å². The third kappa shape index (κ3) is 11.0. The van der Waals surface area contributed by atoms with Gasteiger partial charge in [0.25, 0.3) is 11.8 Å². The lowest BCUT2D eigenvalue weighted by Gasteiger charge is -2.26. The highest BCUT2D eigenvalue weighted by Crippen LogP contribution is 2.38. The molecule has 4 atom stereocenters. The molecule has 0 bridgehead atoms. The Kier molecular flexibility index (Phi) is 15.2. The Bertz CT molecular complexity index is 3770. The molecule has 2 aliphatic heterocycles. The van der Waals surface area contributed by atoms with Gasteiger partial charge in [-0.25, -0.2) is 46.8 Å². The van der Waals surface area contributed by atoms with Crippen LogP contribution in [0, 0.1) is 36.4 Å². The quantitative estimate of drug-likeness (QED) is 0.0918. The first-order chi connectivity index (χ1) is 37.7. The minimum absolute atomic E-state index is 0.0345. The van der Waals surface area contributed by atoms with Gasteiger partial charge in [0.2, 0.25) is 11.8 Å². The lowest BCUT2D eigenvalue weighted by atomic mass is 10.00. The Labute approximate surface area is 450 Å². The number of rotatable bonds is 12. The Morgan fingerprint density at radius 1 is 0.620 bits per heavy atom. The van der Waals surface area contributed by atoms with E-state index in [1.54, 1.807) is 73.8 Å². The van der Waals surface area contributed by atoms with Crippen LogP contribution in [-0.4, -0.2) is 95.1 Å². The number of likely N-dealkylation sites (N-methyl/N-ethyl adjacent to an activating group) is 3. The van der Waals surface area contributed by atoms with Crippen molar-refractivity contribution >= 4 is 57.6 Å². The van der Waals surface area contributed by atoms with Crippen LogP contribution in [0.3, 0.4) is 0 Å². The highest BCUT2D eigenvalue weighted by molar-refractivity contribution is 5.95. The minimum atomic E-state index is -1.03. The van der Waals surface area contributed by atoms with Crippen molar-refractivity contribution in [3.05, 3.63) is 189 Å². The van der Waals surface area contributed by atoms with Crippen LogP contribution in [0.5, 0.6) is 0 Å². The summed E-state index contributed by atoms with van der Waals surface area (Å²) in [6.07, 6.45) is -2.83. The van der Waals surface area contributed by atoms with Crippen molar-refractivity contribution in [3.8, 4) is 22.9 Å². The van der Waals surface area contributed by atoms with Crippen molar-refractivity contribution in [2.45, 2.75) is 63.8 Å². The second-order valence-electron chi connectivity index (χ2n) is 19.7. The van der Waals surface area contributed by atoms with Crippen molar-refractivity contribution < 1.29 is 55.0 Å². The highest BCUT2D eigenvalue weighted by Gasteiger charge is 2.43. The van der Waals surface area contributed by atoms with Gasteiger partial charge in [-0.2, -0.15) is 0 Å². The van der Waals surface area contributed by atoms with E-state index in [1.165, 1.54) is 40.9 Å². The molecule has 2 saturated heterocycles. The van der Waals surface area contributed by atoms with Crippen LogP contribution in [0.1, 0.15) is 94.6 Å². The van der Waals surface area contributed by atoms with E-state index in [1.807, 2.05) is 33.8 Å². The van der Waals surface area contributed by atoms with Gasteiger partial charge in [0, 0.05) is 43.4 Å². The number of carbonyl (C=O) groups excluding carboxylic acids is 4. The monoisotopic (exact) mass is 1070 g/mol. The average molecular weight is 1080 g/mol. The molecule has 4 amide bonds. The van der Waals surface area contributed by atoms with Gasteiger partial charge in [-0.05, 0) is 131 Å². The summed E-state index contributed by atoms with van der Waals surface area (Å²) in [5.74, 6) is -3.74. The molecule has 20 heteroatoms. The first-order valence-corrected chi connectivity index (χ1v) is 24.9. The molecule has 2 fully saturated rings. The number of cyclic esters (lactones) is 2. The van der Waals surface area contributed by atoms with Crippen molar-refractivity contribution in [1.82, 2.24) is 30.0 Å². The van der Waals surface area contributed by atoms with Gasteiger partial charge >= 0.3 is 12.2 Å². The molecule has 2 aliphatic rings. The molecule has 6 aromatic carbocycles. The Hall–Kier alpha value is -9.56. The third-order valence-electron chi connectivity index (χ3n) is 13.7. The first kappa shape index (κ1) is 54.2. The molecule has 0 aliphatic carbocycles. The van der Waals surface area contributed by atoms with Crippen LogP contribution in [-0.2, 0) is 9.47 Å². The average Bonchev–Trinajstić information content (AvgIpc) is 4.42. The minimum Gasteiger partial charge on any atom is -0.442 e. The van der Waals surface area contributed by atoms with Crippen molar-refractivity contribution in [2.24, 2.45) is 0 Å². The molecule has 8 aromatic rings. The Morgan fingerprint density at radius 2 is 1.05 bits per heavy atom. The van der Waals surface area contributed by atoms with Gasteiger partial charge in [-0.1, -0.05) is 39.8 Å². The number of nitrogens with zero attached hydrogens (tertiary/aromatic N) is 7. The normalized spacial score (nSPS) is 16.9. The SMILES string of the molecule is [C-]#[N+]c1cc(C(C)C)c2oc(-c3ccc(C(=O)N(C)C[C@H]4OC(=O)N(C)[C@@H]4c4ccc(F)c(F)c4)cc3)nc2c1.[C-]#[N+]c1cc(C(C)C)c2oc(-c3ccc(C(=O)NC[C@H]4OC(=O)N(C)C4c4ccc(F)c(F)c4)cc3)nc2c1. The molecule has 2 aromatic heterocycles. The summed E-state index contributed by atoms with van der Waals surface area (Å²) in [6, 6.07) is 25.8. The van der Waals surface area contributed by atoms with Crippen LogP contribution >= 0.6 is 0 Å². The highest BCUT2D eigenvalue weighted by atomic mass is 19.2. The van der Waals surface area contributed by atoms with Crippen molar-refractivity contribution in [1.29, 1.82) is 0 Å². The number of benzene rings is 6. The standard InChI is InChI=1S/C30H26F2N4O4.C29H24F2N4O4/c1-16(2)21-13-20(33-3)14-24-27(21)40-28(34-24)17-6-8-18(9-7-17)29(37)35(4)15-25-26(36(5)30(38)39-25)19-10-11-22(31)23(32)12-19;1-15(2)20-12-19(32-3)13-23-26(20)39-28(34-23)17-7-5-16(6-8-17)27(36)33-14-24-25(35(4)29(37)38-24)18-9-10-21(30)22(31)11-18/h6-14,16,25-26H,15H2,1-2,4-5H3;5-13,15,24-25H,14H2,1-2,4H3,(H,33,36)/t25-,26-;24-,25?/m11/s1. The zero-order valence-electron chi connectivity index (χ0n) is 43.7. The van der Waals surface area contributed by atoms with E-state index in [2.05, 4.69) is 25.0 Å². The van der Waals surface area contributed by atoms with Crippen molar-refractivity contribution in [3.63, 3.8) is 0 Å². The number of carbonyl (C=O) groups is 4. The number of halogens is 4. The van der Waals surface area contributed by atoms with Crippen molar-refractivity contribution in [2.75, 3.05) is 34.2 Å². The number of aromatic nitrogens is 2. The van der Waals surface area contributed by atoms with E-state index in [4.69, 9.17) is 31.5 Å². The van der Waals surface area contributed by atoms with Crippen LogP contribution in [0.25, 0.3) is 54.8 Å². The maximum absolute atomic E-state index is 13.9. The number of ether oxygens (including phenoxy) is 2. The molecule has 4 heterocycles. The van der Waals surface area contributed by atoms with E-state index in [0.717, 1.165) is 35.4 Å². The lowest BCUT2D eigenvalue weighted by Crippen LogP contribution is -2.37. The fourth-order valence-electron chi connectivity index (χ4n) is 9.55. The number of hydrogen-bond acceptors (Lipinski definition) is 10. The maximum atomic E-state index is 13.9. The molecule has 402 valence electrons. The Balaban J connectivity index is 0.000000192. The van der Waals surface area contributed by atoms with Gasteiger partial charge in [-0.3, -0.25) is 9.59 Å². The van der Waals surface area contributed by atoms with Gasteiger partial charge < -0.3 is 38.3 Å². The Morgan fingerprint density at radius 3 is 1.48 bits per heavy atom. The first-order valence-electron chi connectivity index (χ1n) is 24.9. The molecule has 10 rings (SSSR count). The van der Waals surface area contributed by atoms with E-state index >= 15 is 0 Å². The molecule has 0 radical (unpaired) electrons. The molecule has 0 saturated carbocycles. The van der Waals surface area contributed by atoms with Gasteiger partial charge in [0.1, 0.15) is 12.2 Å². The van der Waals surface area contributed by atoms with Gasteiger partial charge in [0.05, 0.1) is 49.4 Å². The lowest BCUT2D eigenvalue weighted by molar-refractivity contribution is 0.0662. The summed E-state index contributed by atoms with van der Waals surface area (Å²) >= 11 is 0. The van der Waals surface area contributed by atoms with Crippen LogP contribution in [0.15, 0.2) is 118 Å². The van der Waals surface area contributed by atoms with E-state index in [9.17, 15) is 36.7 Å². The molecule has 1 unspecified atom stereocenters. The van der Waals surface area contributed by atoms with Crippen LogP contribution in [0.4, 0.5) is 38.5 Å². The smallest absolute Gasteiger partial charge is 0.410 e. The van der Waals surface area contributed by atoms with Crippen LogP contribution in [0.2, 0.25) is 0 Å². The summed E-state index contributed by atoms with van der Waals surface area (Å²) in [5, 5.41) is 2.74. The van der Waals surface area contributed by atoms with E-state index in [-0.39, 0.29) is 30.8 Å². The second kappa shape index (κ2) is 22.2. The zero-order chi connectivity index (χ0) is 56.6. The predicted octanol–water partition coefficient (Wildman–Crippen LogP) is 13.1. The summed E-state index contributed by atoms with van der Waals surface area (Å²) in [5.41, 5.74) is 8.01. The predicted molar refractivity (Wildman–Crippen MR) is 283 cm³/mol. The number of fused-ring (bicyclic) bond motifs is 2. The van der Waals surface area contributed by atoms with Gasteiger partial charge in [0.15, 0.2) is 45.8 Å². The van der Waals surface area contributed by atoms with E-state index < -0.39 is 65.7 Å². The summed E-state index contributed by atoms with van der Waals surface area (Å²) in [7, 11) is 4.58. The molecule has 16 nitrogen and oxygen atoms in total. The fraction of sp³-hybridized carbons (Fsp3) is 0.254. The largest absolute Gasteiger partial charge is 0.442 e. The fourth-order valence-corrected chi connectivity index (χ4v) is 9.55. The van der Waals surface area contributed by atoms with Gasteiger partial charge in [-0.15, -0.1) is 0 Å². The number of nitrogens with one attached hydrogen (secondary N) is 1. The van der Waals surface area contributed by atoms with Crippen LogP contribution < -0.4 is 5.32 Å². The summed E-state index contributed by atoms with van der Waals surface area (Å²) < 4.78 is 77.5. The summed E-state index contributed by atoms with van der Waals surface area (Å²) in [6.45, 7) is 22.8. The molecule has 1 N–H and O–H groups in total. The number of hydrogen-bond donors (Lipinski definition) is 1. The number of oxazole rings is 2. The molecule has 79 heavy (non-hydrogen) atoms. The zero-order valence-corrected chi connectivity index (χ0v) is 43.7. The summed E-state index contributed by atoms with van der Waals surface area (Å²) in [4.78, 5) is 70.7. The van der Waals surface area contributed by atoms with E-state index in [0.29, 0.717) is 78.7 Å². The second-order valence-corrected chi connectivity index (χ2v) is 19.7. The number of amides is 4. The molecular formula is C59H50F4N8O8. The molecular weight excluding hydrogens is 1020 g/mol. The molecule has 0 spiro atoms. The third-order valence-corrected chi connectivity index (χ3v) is 13.7. The maximum Gasteiger partial charge on any atom is 0.410 e.